The minimum atomic E-state index is -3.82. The molecule has 10 heteroatoms. The molecule has 1 amide bonds. The zero-order valence-corrected chi connectivity index (χ0v) is 17.0. The van der Waals surface area contributed by atoms with Crippen molar-refractivity contribution in [3.05, 3.63) is 64.1 Å². The van der Waals surface area contributed by atoms with Crippen LogP contribution in [0.3, 0.4) is 0 Å². The van der Waals surface area contributed by atoms with Gasteiger partial charge >= 0.3 is 0 Å². The van der Waals surface area contributed by atoms with E-state index >= 15 is 0 Å². The van der Waals surface area contributed by atoms with Gasteiger partial charge in [0.25, 0.3) is 20.3 Å². The molecule has 27 heavy (non-hydrogen) atoms. The average molecular weight is 465 g/mol. The van der Waals surface area contributed by atoms with Crippen LogP contribution in [-0.4, -0.2) is 31.1 Å². The first-order valence-corrected chi connectivity index (χ1v) is 11.0. The van der Waals surface area contributed by atoms with Gasteiger partial charge in [-0.05, 0) is 46.1 Å². The fourth-order valence-corrected chi connectivity index (χ4v) is 5.79. The van der Waals surface area contributed by atoms with Gasteiger partial charge in [0.2, 0.25) is 5.13 Å². The molecule has 0 atom stereocenters. The van der Waals surface area contributed by atoms with Gasteiger partial charge in [0, 0.05) is 11.0 Å². The Bertz CT molecular complexity index is 1130. The first-order chi connectivity index (χ1) is 13.0. The number of sulfonamides is 1. The van der Waals surface area contributed by atoms with Crippen molar-refractivity contribution in [2.45, 2.75) is 10.8 Å². The molecular weight excluding hydrogens is 452 g/mol. The number of para-hydroxylation sites is 1. The van der Waals surface area contributed by atoms with E-state index in [0.717, 1.165) is 16.9 Å². The molecule has 0 unspecified atom stereocenters. The maximum Gasteiger partial charge on any atom is 0.293 e. The standard InChI is InChI=1S/C17H13BrN4O3S2/c18-13-7-3-2-6-12(13)15(23)19-16-20-21-17(26-16)27(24,25)22-10-9-11-5-1-4-8-14(11)22/h1-8H,9-10H2,(H,19,20,23). The number of rotatable bonds is 4. The summed E-state index contributed by atoms with van der Waals surface area (Å²) >= 11 is 4.14. The lowest BCUT2D eigenvalue weighted by Gasteiger charge is -2.17. The van der Waals surface area contributed by atoms with Crippen LogP contribution in [0.25, 0.3) is 0 Å². The van der Waals surface area contributed by atoms with E-state index in [4.69, 9.17) is 0 Å². The average Bonchev–Trinajstić information content (AvgIpc) is 3.29. The lowest BCUT2D eigenvalue weighted by molar-refractivity contribution is 0.102. The third kappa shape index (κ3) is 3.35. The van der Waals surface area contributed by atoms with Gasteiger partial charge in [-0.2, -0.15) is 8.42 Å². The zero-order chi connectivity index (χ0) is 19.0. The number of benzene rings is 2. The maximum atomic E-state index is 12.9. The van der Waals surface area contributed by atoms with Gasteiger partial charge in [-0.3, -0.25) is 14.4 Å². The number of hydrogen-bond donors (Lipinski definition) is 1. The highest BCUT2D eigenvalue weighted by atomic mass is 79.9. The Morgan fingerprint density at radius 2 is 1.85 bits per heavy atom. The molecule has 0 fully saturated rings. The number of carbonyl (C=O) groups excluding carboxylic acids is 1. The zero-order valence-electron chi connectivity index (χ0n) is 13.8. The topological polar surface area (TPSA) is 92.3 Å². The summed E-state index contributed by atoms with van der Waals surface area (Å²) in [5.74, 6) is -0.394. The summed E-state index contributed by atoms with van der Waals surface area (Å²) in [6, 6.07) is 14.3. The number of amides is 1. The van der Waals surface area contributed by atoms with Crippen molar-refractivity contribution >= 4 is 54.0 Å². The van der Waals surface area contributed by atoms with Crippen LogP contribution in [-0.2, 0) is 16.4 Å². The van der Waals surface area contributed by atoms with Crippen molar-refractivity contribution < 1.29 is 13.2 Å². The quantitative estimate of drug-likeness (QED) is 0.597. The highest BCUT2D eigenvalue weighted by Gasteiger charge is 2.33. The van der Waals surface area contributed by atoms with E-state index in [9.17, 15) is 13.2 Å². The molecule has 0 spiro atoms. The normalized spacial score (nSPS) is 13.4. The molecule has 1 aromatic heterocycles. The molecule has 4 rings (SSSR count). The fourth-order valence-electron chi connectivity index (χ4n) is 2.83. The number of anilines is 2. The highest BCUT2D eigenvalue weighted by molar-refractivity contribution is 9.10. The Morgan fingerprint density at radius 3 is 2.67 bits per heavy atom. The first kappa shape index (κ1) is 18.1. The Morgan fingerprint density at radius 1 is 1.11 bits per heavy atom. The number of halogens is 1. The lowest BCUT2D eigenvalue weighted by atomic mass is 10.2. The molecule has 0 saturated heterocycles. The van der Waals surface area contributed by atoms with E-state index in [1.165, 1.54) is 4.31 Å². The van der Waals surface area contributed by atoms with E-state index in [2.05, 4.69) is 31.4 Å². The van der Waals surface area contributed by atoms with Crippen LogP contribution in [0.5, 0.6) is 0 Å². The summed E-state index contributed by atoms with van der Waals surface area (Å²) in [5, 5.41) is 10.3. The van der Waals surface area contributed by atoms with E-state index in [1.54, 1.807) is 36.4 Å². The van der Waals surface area contributed by atoms with Crippen molar-refractivity contribution in [2.75, 3.05) is 16.2 Å². The Labute approximate surface area is 168 Å². The van der Waals surface area contributed by atoms with E-state index < -0.39 is 15.9 Å². The Kier molecular flexibility index (Phi) is 4.70. The smallest absolute Gasteiger partial charge is 0.293 e. The van der Waals surface area contributed by atoms with Crippen molar-refractivity contribution in [3.63, 3.8) is 0 Å². The second-order valence-electron chi connectivity index (χ2n) is 5.76. The summed E-state index contributed by atoms with van der Waals surface area (Å²) in [5.41, 5.74) is 2.06. The molecular formula is C17H13BrN4O3S2. The van der Waals surface area contributed by atoms with Crippen molar-refractivity contribution in [1.82, 2.24) is 10.2 Å². The Hall–Kier alpha value is -2.30. The molecule has 2 aromatic carbocycles. The molecule has 0 saturated carbocycles. The van der Waals surface area contributed by atoms with Crippen molar-refractivity contribution in [3.8, 4) is 0 Å². The minimum Gasteiger partial charge on any atom is -0.296 e. The molecule has 0 radical (unpaired) electrons. The summed E-state index contributed by atoms with van der Waals surface area (Å²) in [7, 11) is -3.82. The van der Waals surface area contributed by atoms with Gasteiger partial charge in [-0.25, -0.2) is 0 Å². The molecule has 2 heterocycles. The molecule has 1 aliphatic rings. The molecule has 1 N–H and O–H groups in total. The minimum absolute atomic E-state index is 0.127. The molecule has 1 aliphatic heterocycles. The van der Waals surface area contributed by atoms with Crippen LogP contribution in [0.2, 0.25) is 0 Å². The second-order valence-corrected chi connectivity index (χ2v) is 9.63. The Balaban J connectivity index is 1.58. The van der Waals surface area contributed by atoms with Crippen LogP contribution in [0, 0.1) is 0 Å². The molecule has 0 aliphatic carbocycles. The summed E-state index contributed by atoms with van der Waals surface area (Å²) < 4.78 is 27.7. The maximum absolute atomic E-state index is 12.9. The van der Waals surface area contributed by atoms with Crippen molar-refractivity contribution in [2.24, 2.45) is 0 Å². The number of nitrogens with zero attached hydrogens (tertiary/aromatic N) is 3. The predicted octanol–water partition coefficient (Wildman–Crippen LogP) is 3.30. The van der Waals surface area contributed by atoms with Crippen LogP contribution < -0.4 is 9.62 Å². The third-order valence-electron chi connectivity index (χ3n) is 4.10. The number of fused-ring (bicyclic) bond motifs is 1. The number of hydrogen-bond acceptors (Lipinski definition) is 6. The van der Waals surface area contributed by atoms with Crippen LogP contribution in [0.4, 0.5) is 10.8 Å². The molecule has 3 aromatic rings. The van der Waals surface area contributed by atoms with E-state index in [0.29, 0.717) is 28.7 Å². The number of aromatic nitrogens is 2. The molecule has 0 bridgehead atoms. The second kappa shape index (κ2) is 7.02. The SMILES string of the molecule is O=C(Nc1nnc(S(=O)(=O)N2CCc3ccccc32)s1)c1ccccc1Br. The fraction of sp³-hybridized carbons (Fsp3) is 0.118. The number of carbonyl (C=O) groups is 1. The highest BCUT2D eigenvalue weighted by Crippen LogP contribution is 2.34. The van der Waals surface area contributed by atoms with Gasteiger partial charge in [0.05, 0.1) is 11.3 Å². The molecule has 138 valence electrons. The monoisotopic (exact) mass is 464 g/mol. The van der Waals surface area contributed by atoms with E-state index in [1.807, 2.05) is 12.1 Å². The largest absolute Gasteiger partial charge is 0.296 e. The van der Waals surface area contributed by atoms with Gasteiger partial charge in [-0.15, -0.1) is 10.2 Å². The first-order valence-electron chi connectivity index (χ1n) is 7.97. The summed E-state index contributed by atoms with van der Waals surface area (Å²) in [6.07, 6.45) is 0.653. The van der Waals surface area contributed by atoms with Crippen molar-refractivity contribution in [1.29, 1.82) is 0 Å². The van der Waals surface area contributed by atoms with Crippen LogP contribution in [0.15, 0.2) is 57.3 Å². The van der Waals surface area contributed by atoms with Gasteiger partial charge in [0.15, 0.2) is 0 Å². The molecule has 7 nitrogen and oxygen atoms in total. The van der Waals surface area contributed by atoms with Gasteiger partial charge in [0.1, 0.15) is 0 Å². The van der Waals surface area contributed by atoms with Gasteiger partial charge < -0.3 is 0 Å². The lowest BCUT2D eigenvalue weighted by Crippen LogP contribution is -2.29. The number of nitrogens with one attached hydrogen (secondary N) is 1. The predicted molar refractivity (Wildman–Crippen MR) is 107 cm³/mol. The van der Waals surface area contributed by atoms with Gasteiger partial charge in [-0.1, -0.05) is 41.7 Å². The van der Waals surface area contributed by atoms with E-state index in [-0.39, 0.29) is 9.47 Å². The van der Waals surface area contributed by atoms with Crippen LogP contribution >= 0.6 is 27.3 Å². The summed E-state index contributed by atoms with van der Waals surface area (Å²) in [6.45, 7) is 0.361. The van der Waals surface area contributed by atoms with Crippen LogP contribution in [0.1, 0.15) is 15.9 Å². The summed E-state index contributed by atoms with van der Waals surface area (Å²) in [4.78, 5) is 12.4. The third-order valence-corrected chi connectivity index (χ3v) is 7.79.